The van der Waals surface area contributed by atoms with Crippen molar-refractivity contribution in [1.82, 2.24) is 9.78 Å². The third-order valence-electron chi connectivity index (χ3n) is 4.10. The smallest absolute Gasteiger partial charge is 0.147 e. The summed E-state index contributed by atoms with van der Waals surface area (Å²) in [6.07, 6.45) is 4.48. The second-order valence-corrected chi connectivity index (χ2v) is 5.61. The molecule has 4 rings (SSSR count). The molecule has 2 aromatic carbocycles. The highest BCUT2D eigenvalue weighted by Gasteiger charge is 2.25. The molecule has 1 saturated carbocycles. The minimum absolute atomic E-state index is 0.524. The minimum atomic E-state index is 0.524. The molecule has 1 aliphatic rings. The molecule has 1 aliphatic carbocycles. The maximum atomic E-state index is 9.10. The summed E-state index contributed by atoms with van der Waals surface area (Å²) in [5.41, 5.74) is 3.66. The van der Waals surface area contributed by atoms with Crippen LogP contribution in [0.5, 0.6) is 5.75 Å². The van der Waals surface area contributed by atoms with Gasteiger partial charge in [0.05, 0.1) is 24.8 Å². The van der Waals surface area contributed by atoms with Crippen LogP contribution >= 0.6 is 0 Å². The molecule has 4 heteroatoms. The molecular formula is C18H15N3O. The molecule has 0 bridgehead atoms. The number of hydrogen-bond donors (Lipinski definition) is 0. The summed E-state index contributed by atoms with van der Waals surface area (Å²) in [6, 6.07) is 14.4. The molecule has 0 N–H and O–H groups in total. The van der Waals surface area contributed by atoms with Crippen molar-refractivity contribution in [2.24, 2.45) is 0 Å². The van der Waals surface area contributed by atoms with E-state index in [2.05, 4.69) is 12.3 Å². The number of methoxy groups -OCH3 is 1. The maximum absolute atomic E-state index is 9.10. The molecule has 0 unspecified atom stereocenters. The van der Waals surface area contributed by atoms with Gasteiger partial charge >= 0.3 is 0 Å². The molecule has 1 fully saturated rings. The number of nitriles is 1. The van der Waals surface area contributed by atoms with Crippen molar-refractivity contribution >= 4 is 10.9 Å². The van der Waals surface area contributed by atoms with Crippen molar-refractivity contribution in [2.75, 3.05) is 7.11 Å². The molecule has 0 amide bonds. The zero-order valence-electron chi connectivity index (χ0n) is 12.3. The predicted molar refractivity (Wildman–Crippen MR) is 84.7 cm³/mol. The van der Waals surface area contributed by atoms with Gasteiger partial charge in [-0.05, 0) is 48.2 Å². The van der Waals surface area contributed by atoms with Gasteiger partial charge in [-0.1, -0.05) is 12.1 Å². The molecule has 3 aromatic rings. The Hall–Kier alpha value is -2.80. The van der Waals surface area contributed by atoms with Crippen molar-refractivity contribution in [2.45, 2.75) is 18.9 Å². The molecule has 1 heterocycles. The van der Waals surface area contributed by atoms with Crippen LogP contribution in [0, 0.1) is 11.3 Å². The summed E-state index contributed by atoms with van der Waals surface area (Å²) >= 11 is 0. The molecule has 22 heavy (non-hydrogen) atoms. The van der Waals surface area contributed by atoms with Gasteiger partial charge in [0.25, 0.3) is 0 Å². The Kier molecular flexibility index (Phi) is 2.87. The summed E-state index contributed by atoms with van der Waals surface area (Å²) < 4.78 is 7.49. The molecular weight excluding hydrogens is 274 g/mol. The topological polar surface area (TPSA) is 50.8 Å². The van der Waals surface area contributed by atoms with E-state index >= 15 is 0 Å². The number of fused-ring (bicyclic) bond motifs is 1. The number of benzene rings is 2. The highest BCUT2D eigenvalue weighted by atomic mass is 16.5. The minimum Gasteiger partial charge on any atom is -0.494 e. The normalized spacial score (nSPS) is 14.0. The molecule has 4 nitrogen and oxygen atoms in total. The van der Waals surface area contributed by atoms with Gasteiger partial charge in [0.15, 0.2) is 0 Å². The fraction of sp³-hybridized carbons (Fsp3) is 0.222. The average Bonchev–Trinajstić information content (AvgIpc) is 3.32. The van der Waals surface area contributed by atoms with Crippen LogP contribution in [0.15, 0.2) is 42.6 Å². The van der Waals surface area contributed by atoms with Gasteiger partial charge < -0.3 is 4.74 Å². The zero-order valence-corrected chi connectivity index (χ0v) is 12.3. The van der Waals surface area contributed by atoms with Gasteiger partial charge in [-0.2, -0.15) is 10.4 Å². The van der Waals surface area contributed by atoms with Crippen molar-refractivity contribution in [1.29, 1.82) is 5.26 Å². The van der Waals surface area contributed by atoms with Crippen LogP contribution in [0.3, 0.4) is 0 Å². The lowest BCUT2D eigenvalue weighted by Gasteiger charge is -2.06. The van der Waals surface area contributed by atoms with E-state index in [4.69, 9.17) is 15.1 Å². The van der Waals surface area contributed by atoms with E-state index in [1.165, 1.54) is 12.8 Å². The second-order valence-electron chi connectivity index (χ2n) is 5.61. The first-order valence-corrected chi connectivity index (χ1v) is 7.36. The Morgan fingerprint density at radius 2 is 2.14 bits per heavy atom. The van der Waals surface area contributed by atoms with Gasteiger partial charge in [-0.25, -0.2) is 0 Å². The van der Waals surface area contributed by atoms with Gasteiger partial charge in [0.2, 0.25) is 0 Å². The summed E-state index contributed by atoms with van der Waals surface area (Å²) in [5, 5.41) is 14.9. The highest BCUT2D eigenvalue weighted by molar-refractivity contribution is 5.97. The largest absolute Gasteiger partial charge is 0.494 e. The van der Waals surface area contributed by atoms with Crippen LogP contribution < -0.4 is 4.74 Å². The van der Waals surface area contributed by atoms with E-state index in [0.717, 1.165) is 27.8 Å². The van der Waals surface area contributed by atoms with E-state index in [1.54, 1.807) is 7.11 Å². The lowest BCUT2D eigenvalue weighted by Crippen LogP contribution is -1.93. The molecule has 0 saturated heterocycles. The third kappa shape index (κ3) is 2.03. The Balaban J connectivity index is 1.95. The number of nitrogens with zero attached hydrogens (tertiary/aromatic N) is 3. The van der Waals surface area contributed by atoms with Crippen molar-refractivity contribution in [3.05, 3.63) is 48.2 Å². The predicted octanol–water partition coefficient (Wildman–Crippen LogP) is 3.92. The van der Waals surface area contributed by atoms with Crippen LogP contribution in [0.25, 0.3) is 22.0 Å². The Labute approximate surface area is 128 Å². The highest BCUT2D eigenvalue weighted by Crippen LogP contribution is 2.39. The number of aromatic nitrogens is 2. The number of ether oxygens (including phenoxy) is 1. The lowest BCUT2D eigenvalue weighted by molar-refractivity contribution is 0.418. The van der Waals surface area contributed by atoms with Crippen molar-refractivity contribution < 1.29 is 4.74 Å². The van der Waals surface area contributed by atoms with Gasteiger partial charge in [0.1, 0.15) is 11.3 Å². The second kappa shape index (κ2) is 4.88. The fourth-order valence-electron chi connectivity index (χ4n) is 2.80. The zero-order chi connectivity index (χ0) is 15.1. The number of rotatable bonds is 3. The summed E-state index contributed by atoms with van der Waals surface area (Å²) in [4.78, 5) is 0. The van der Waals surface area contributed by atoms with Crippen LogP contribution in [0.2, 0.25) is 0 Å². The first kappa shape index (κ1) is 12.9. The van der Waals surface area contributed by atoms with Crippen molar-refractivity contribution in [3.63, 3.8) is 0 Å². The van der Waals surface area contributed by atoms with E-state index in [1.807, 2.05) is 41.1 Å². The van der Waals surface area contributed by atoms with E-state index in [9.17, 15) is 0 Å². The molecule has 1 aromatic heterocycles. The van der Waals surface area contributed by atoms with E-state index in [-0.39, 0.29) is 0 Å². The third-order valence-corrected chi connectivity index (χ3v) is 4.10. The summed E-state index contributed by atoms with van der Waals surface area (Å²) in [7, 11) is 1.67. The first-order valence-electron chi connectivity index (χ1n) is 7.36. The van der Waals surface area contributed by atoms with Crippen molar-refractivity contribution in [3.8, 4) is 22.9 Å². The first-order chi connectivity index (χ1) is 10.8. The summed E-state index contributed by atoms with van der Waals surface area (Å²) in [6.45, 7) is 0. The molecule has 0 radical (unpaired) electrons. The molecule has 108 valence electrons. The summed E-state index contributed by atoms with van der Waals surface area (Å²) in [5.74, 6) is 0.787. The van der Waals surface area contributed by atoms with E-state index in [0.29, 0.717) is 11.6 Å². The Morgan fingerprint density at radius 1 is 1.27 bits per heavy atom. The van der Waals surface area contributed by atoms with E-state index < -0.39 is 0 Å². The number of hydrogen-bond acceptors (Lipinski definition) is 3. The molecule has 0 atom stereocenters. The van der Waals surface area contributed by atoms with Gasteiger partial charge in [0, 0.05) is 11.6 Å². The average molecular weight is 289 g/mol. The molecule has 0 spiro atoms. The monoisotopic (exact) mass is 289 g/mol. The Morgan fingerprint density at radius 3 is 2.86 bits per heavy atom. The van der Waals surface area contributed by atoms with Crippen LogP contribution in [-0.4, -0.2) is 16.9 Å². The standard InChI is InChI=1S/C18H15N3O/c1-22-17-8-7-15(13-4-2-3-12(9-13)10-19)16-11-21(14-5-6-14)20-18(16)17/h2-4,7-9,11,14H,5-6H2,1H3. The van der Waals surface area contributed by atoms with Crippen LogP contribution in [-0.2, 0) is 0 Å². The van der Waals surface area contributed by atoms with Gasteiger partial charge in [-0.15, -0.1) is 0 Å². The lowest BCUT2D eigenvalue weighted by atomic mass is 10.00. The van der Waals surface area contributed by atoms with Crippen LogP contribution in [0.1, 0.15) is 24.4 Å². The van der Waals surface area contributed by atoms with Gasteiger partial charge in [-0.3, -0.25) is 4.68 Å². The van der Waals surface area contributed by atoms with Crippen LogP contribution in [0.4, 0.5) is 0 Å². The maximum Gasteiger partial charge on any atom is 0.147 e. The fourth-order valence-corrected chi connectivity index (χ4v) is 2.80. The SMILES string of the molecule is COc1ccc(-c2cccc(C#N)c2)c2cn(C3CC3)nc12. The quantitative estimate of drug-likeness (QED) is 0.734. The molecule has 0 aliphatic heterocycles. The Bertz CT molecular complexity index is 900.